The van der Waals surface area contributed by atoms with Crippen LogP contribution in [0.1, 0.15) is 41.8 Å². The van der Waals surface area contributed by atoms with Gasteiger partial charge in [0.2, 0.25) is 0 Å². The van der Waals surface area contributed by atoms with E-state index in [2.05, 4.69) is 4.98 Å². The number of aliphatic hydroxyl groups is 1. The molecule has 2 heterocycles. The molecule has 1 aliphatic rings. The predicted molar refractivity (Wildman–Crippen MR) is 81.4 cm³/mol. The summed E-state index contributed by atoms with van der Waals surface area (Å²) >= 11 is 0. The maximum Gasteiger partial charge on any atom is 0.352 e. The van der Waals surface area contributed by atoms with Crippen LogP contribution in [0.3, 0.4) is 0 Å². The Bertz CT molecular complexity index is 824. The Morgan fingerprint density at radius 2 is 2.00 bits per heavy atom. The molecule has 1 aromatic carbocycles. The lowest BCUT2D eigenvalue weighted by Crippen LogP contribution is -2.34. The molecule has 0 radical (unpaired) electrons. The minimum Gasteiger partial charge on any atom is -0.389 e. The maximum absolute atomic E-state index is 14.5. The summed E-state index contributed by atoms with van der Waals surface area (Å²) in [5.74, 6) is -5.24. The maximum atomic E-state index is 14.5. The molecule has 132 valence electrons. The first-order valence-corrected chi connectivity index (χ1v) is 7.47. The molecule has 3 rings (SSSR count). The largest absolute Gasteiger partial charge is 0.389 e. The molecule has 25 heavy (non-hydrogen) atoms. The van der Waals surface area contributed by atoms with Crippen molar-refractivity contribution in [2.24, 2.45) is 0 Å². The molecular formula is C17H14F4N2O2. The quantitative estimate of drug-likeness (QED) is 0.852. The van der Waals surface area contributed by atoms with Gasteiger partial charge in [-0.05, 0) is 36.2 Å². The molecular weight excluding hydrogens is 340 g/mol. The summed E-state index contributed by atoms with van der Waals surface area (Å²) in [4.78, 5) is 16.6. The van der Waals surface area contributed by atoms with Gasteiger partial charge in [0.05, 0.1) is 23.9 Å². The SMILES string of the molecule is C[C@H](O)c1cccc2c1C(F)(F)C(=O)N2Cc1ccnc(C(F)F)c1. The van der Waals surface area contributed by atoms with Crippen molar-refractivity contribution in [1.82, 2.24) is 4.98 Å². The third-order valence-electron chi connectivity index (χ3n) is 4.05. The number of amides is 1. The number of pyridine rings is 1. The summed E-state index contributed by atoms with van der Waals surface area (Å²) < 4.78 is 54.5. The molecule has 0 spiro atoms. The van der Waals surface area contributed by atoms with Crippen molar-refractivity contribution in [2.75, 3.05) is 4.90 Å². The standard InChI is InChI=1S/C17H14F4N2O2/c1-9(24)11-3-2-4-13-14(11)17(20,21)16(25)23(13)8-10-5-6-22-12(7-10)15(18)19/h2-7,9,15,24H,8H2,1H3/t9-/m0/s1. The third kappa shape index (κ3) is 2.86. The van der Waals surface area contributed by atoms with Gasteiger partial charge in [-0.15, -0.1) is 0 Å². The van der Waals surface area contributed by atoms with Crippen LogP contribution < -0.4 is 4.90 Å². The Labute approximate surface area is 140 Å². The van der Waals surface area contributed by atoms with E-state index in [-0.39, 0.29) is 23.4 Å². The first-order chi connectivity index (χ1) is 11.7. The molecule has 1 amide bonds. The molecule has 1 N–H and O–H groups in total. The number of alkyl halides is 4. The summed E-state index contributed by atoms with van der Waals surface area (Å²) in [7, 11) is 0. The minimum absolute atomic E-state index is 0.0381. The highest BCUT2D eigenvalue weighted by Gasteiger charge is 2.54. The number of benzene rings is 1. The van der Waals surface area contributed by atoms with Gasteiger partial charge in [-0.1, -0.05) is 12.1 Å². The topological polar surface area (TPSA) is 53.4 Å². The van der Waals surface area contributed by atoms with Crippen molar-refractivity contribution in [3.05, 3.63) is 58.9 Å². The molecule has 4 nitrogen and oxygen atoms in total. The normalized spacial score (nSPS) is 17.1. The lowest BCUT2D eigenvalue weighted by atomic mass is 9.98. The van der Waals surface area contributed by atoms with Crippen molar-refractivity contribution < 1.29 is 27.5 Å². The lowest BCUT2D eigenvalue weighted by molar-refractivity contribution is -0.141. The molecule has 1 aromatic heterocycles. The third-order valence-corrected chi connectivity index (χ3v) is 4.05. The first kappa shape index (κ1) is 17.3. The second-order valence-electron chi connectivity index (χ2n) is 5.77. The number of hydrogen-bond acceptors (Lipinski definition) is 3. The van der Waals surface area contributed by atoms with E-state index in [0.29, 0.717) is 0 Å². The Kier molecular flexibility index (Phi) is 4.24. The summed E-state index contributed by atoms with van der Waals surface area (Å²) in [5.41, 5.74) is -0.859. The number of aliphatic hydroxyl groups excluding tert-OH is 1. The van der Waals surface area contributed by atoms with Crippen LogP contribution in [-0.2, 0) is 17.3 Å². The van der Waals surface area contributed by atoms with Crippen LogP contribution in [0.15, 0.2) is 36.5 Å². The zero-order valence-electron chi connectivity index (χ0n) is 13.1. The molecule has 0 bridgehead atoms. The van der Waals surface area contributed by atoms with Crippen molar-refractivity contribution in [1.29, 1.82) is 0 Å². The first-order valence-electron chi connectivity index (χ1n) is 7.47. The molecule has 1 atom stereocenters. The fourth-order valence-electron chi connectivity index (χ4n) is 2.91. The van der Waals surface area contributed by atoms with Gasteiger partial charge in [-0.3, -0.25) is 9.78 Å². The van der Waals surface area contributed by atoms with Crippen LogP contribution in [-0.4, -0.2) is 16.0 Å². The van der Waals surface area contributed by atoms with Gasteiger partial charge in [-0.25, -0.2) is 8.78 Å². The van der Waals surface area contributed by atoms with E-state index in [1.807, 2.05) is 0 Å². The summed E-state index contributed by atoms with van der Waals surface area (Å²) in [5, 5.41) is 9.73. The highest BCUT2D eigenvalue weighted by molar-refractivity contribution is 6.06. The number of halogens is 4. The highest BCUT2D eigenvalue weighted by Crippen LogP contribution is 2.47. The number of rotatable bonds is 4. The fraction of sp³-hybridized carbons (Fsp3) is 0.294. The number of fused-ring (bicyclic) bond motifs is 1. The average molecular weight is 354 g/mol. The van der Waals surface area contributed by atoms with Crippen molar-refractivity contribution in [3.8, 4) is 0 Å². The van der Waals surface area contributed by atoms with E-state index in [9.17, 15) is 27.5 Å². The fourth-order valence-corrected chi connectivity index (χ4v) is 2.91. The number of carbonyl (C=O) groups excluding carboxylic acids is 1. The molecule has 0 aliphatic carbocycles. The second kappa shape index (κ2) is 6.11. The van der Waals surface area contributed by atoms with E-state index >= 15 is 0 Å². The van der Waals surface area contributed by atoms with Gasteiger partial charge in [0.15, 0.2) is 0 Å². The van der Waals surface area contributed by atoms with Crippen LogP contribution in [0.2, 0.25) is 0 Å². The Hall–Kier alpha value is -2.48. The Morgan fingerprint density at radius 1 is 1.28 bits per heavy atom. The zero-order valence-corrected chi connectivity index (χ0v) is 13.1. The molecule has 2 aromatic rings. The van der Waals surface area contributed by atoms with Crippen LogP contribution in [0.5, 0.6) is 0 Å². The molecule has 0 unspecified atom stereocenters. The Balaban J connectivity index is 2.04. The number of aromatic nitrogens is 1. The predicted octanol–water partition coefficient (Wildman–Crippen LogP) is 3.71. The van der Waals surface area contributed by atoms with Crippen molar-refractivity contribution in [3.63, 3.8) is 0 Å². The van der Waals surface area contributed by atoms with E-state index in [4.69, 9.17) is 0 Å². The van der Waals surface area contributed by atoms with Crippen molar-refractivity contribution in [2.45, 2.75) is 31.9 Å². The minimum atomic E-state index is -3.79. The lowest BCUT2D eigenvalue weighted by Gasteiger charge is -2.18. The molecule has 8 heteroatoms. The zero-order chi connectivity index (χ0) is 18.4. The number of hydrogen-bond donors (Lipinski definition) is 1. The number of anilines is 1. The van der Waals surface area contributed by atoms with Crippen LogP contribution in [0.25, 0.3) is 0 Å². The van der Waals surface area contributed by atoms with E-state index in [0.717, 1.165) is 17.2 Å². The van der Waals surface area contributed by atoms with Gasteiger partial charge in [-0.2, -0.15) is 8.78 Å². The van der Waals surface area contributed by atoms with E-state index in [1.54, 1.807) is 0 Å². The smallest absolute Gasteiger partial charge is 0.352 e. The number of nitrogens with zero attached hydrogens (tertiary/aromatic N) is 2. The molecule has 0 saturated heterocycles. The van der Waals surface area contributed by atoms with E-state index < -0.39 is 35.6 Å². The van der Waals surface area contributed by atoms with Gasteiger partial charge in [0.1, 0.15) is 5.69 Å². The molecule has 1 aliphatic heterocycles. The molecule has 0 saturated carbocycles. The van der Waals surface area contributed by atoms with Crippen LogP contribution >= 0.6 is 0 Å². The molecule has 0 fully saturated rings. The average Bonchev–Trinajstić information content (AvgIpc) is 2.76. The van der Waals surface area contributed by atoms with Gasteiger partial charge in [0, 0.05) is 6.20 Å². The van der Waals surface area contributed by atoms with Crippen LogP contribution in [0, 0.1) is 0 Å². The Morgan fingerprint density at radius 3 is 2.64 bits per heavy atom. The van der Waals surface area contributed by atoms with Gasteiger partial charge in [0.25, 0.3) is 6.43 Å². The van der Waals surface area contributed by atoms with Gasteiger partial charge < -0.3 is 10.0 Å². The summed E-state index contributed by atoms with van der Waals surface area (Å²) in [6.07, 6.45) is -2.84. The van der Waals surface area contributed by atoms with Crippen LogP contribution in [0.4, 0.5) is 23.2 Å². The van der Waals surface area contributed by atoms with E-state index in [1.165, 1.54) is 31.2 Å². The van der Waals surface area contributed by atoms with Crippen molar-refractivity contribution >= 4 is 11.6 Å². The van der Waals surface area contributed by atoms with Gasteiger partial charge >= 0.3 is 11.8 Å². The second-order valence-corrected chi connectivity index (χ2v) is 5.77. The monoisotopic (exact) mass is 354 g/mol. The summed E-state index contributed by atoms with van der Waals surface area (Å²) in [6, 6.07) is 6.59. The number of carbonyl (C=O) groups is 1. The highest BCUT2D eigenvalue weighted by atomic mass is 19.3. The summed E-state index contributed by atoms with van der Waals surface area (Å²) in [6.45, 7) is 1.03.